The molecule has 0 fully saturated rings. The maximum Gasteiger partial charge on any atom is 0.312 e. The second-order valence-electron chi connectivity index (χ2n) is 6.91. The lowest BCUT2D eigenvalue weighted by molar-refractivity contribution is -0.131. The molecule has 0 aliphatic rings. The molecular formula is C23H48N4O5. The Bertz CT molecular complexity index is 523. The Morgan fingerprint density at radius 2 is 1.31 bits per heavy atom. The number of ketones is 2. The molecule has 9 nitrogen and oxygen atoms in total. The van der Waals surface area contributed by atoms with E-state index in [0.29, 0.717) is 25.8 Å². The molecule has 0 aliphatic heterocycles. The molecular weight excluding hydrogens is 412 g/mol. The Kier molecular flexibility index (Phi) is 30.7. The molecule has 1 unspecified atom stereocenters. The number of hydrogen-bond donors (Lipinski definition) is 4. The van der Waals surface area contributed by atoms with Crippen molar-refractivity contribution in [2.24, 2.45) is 11.7 Å². The molecule has 0 saturated heterocycles. The van der Waals surface area contributed by atoms with E-state index in [4.69, 9.17) is 5.73 Å². The third-order valence-corrected chi connectivity index (χ3v) is 3.51. The van der Waals surface area contributed by atoms with Gasteiger partial charge in [-0.15, -0.1) is 0 Å². The molecule has 0 spiro atoms. The molecule has 32 heavy (non-hydrogen) atoms. The van der Waals surface area contributed by atoms with Crippen molar-refractivity contribution in [1.82, 2.24) is 16.0 Å². The van der Waals surface area contributed by atoms with Gasteiger partial charge in [0.05, 0.1) is 6.54 Å². The van der Waals surface area contributed by atoms with Gasteiger partial charge >= 0.3 is 6.03 Å². The smallest absolute Gasteiger partial charge is 0.312 e. The van der Waals surface area contributed by atoms with Crippen LogP contribution in [0.4, 0.5) is 4.79 Å². The number of unbranched alkanes of at least 4 members (excludes halogenated alkanes) is 1. The van der Waals surface area contributed by atoms with Crippen LogP contribution < -0.4 is 21.7 Å². The van der Waals surface area contributed by atoms with E-state index >= 15 is 0 Å². The fourth-order valence-corrected chi connectivity index (χ4v) is 2.01. The lowest BCUT2D eigenvalue weighted by Crippen LogP contribution is -2.50. The van der Waals surface area contributed by atoms with Crippen molar-refractivity contribution < 1.29 is 24.0 Å². The minimum absolute atomic E-state index is 0.0312. The molecule has 0 saturated carbocycles. The zero-order valence-electron chi connectivity index (χ0n) is 21.7. The largest absolute Gasteiger partial charge is 0.352 e. The van der Waals surface area contributed by atoms with Gasteiger partial charge in [0.15, 0.2) is 0 Å². The van der Waals surface area contributed by atoms with Gasteiger partial charge < -0.3 is 26.5 Å². The highest BCUT2D eigenvalue weighted by Gasteiger charge is 2.23. The molecule has 0 aromatic carbocycles. The first-order valence-corrected chi connectivity index (χ1v) is 11.6. The number of rotatable bonds is 12. The molecule has 190 valence electrons. The first kappa shape index (κ1) is 36.9. The van der Waals surface area contributed by atoms with E-state index in [1.807, 2.05) is 48.5 Å². The highest BCUT2D eigenvalue weighted by Crippen LogP contribution is 2.05. The number of primary amides is 1. The van der Waals surface area contributed by atoms with Crippen molar-refractivity contribution in [2.75, 3.05) is 13.1 Å². The van der Waals surface area contributed by atoms with Gasteiger partial charge in [0.2, 0.25) is 11.8 Å². The number of carbonyl (C=O) groups is 5. The van der Waals surface area contributed by atoms with Crippen LogP contribution in [0.1, 0.15) is 94.4 Å². The first-order chi connectivity index (χ1) is 15.0. The van der Waals surface area contributed by atoms with Crippen LogP contribution in [-0.2, 0) is 19.2 Å². The predicted molar refractivity (Wildman–Crippen MR) is 130 cm³/mol. The van der Waals surface area contributed by atoms with Crippen molar-refractivity contribution in [2.45, 2.75) is 100 Å². The van der Waals surface area contributed by atoms with Crippen molar-refractivity contribution in [3.8, 4) is 0 Å². The third kappa shape index (κ3) is 29.7. The van der Waals surface area contributed by atoms with Gasteiger partial charge in [-0.1, -0.05) is 48.5 Å². The van der Waals surface area contributed by atoms with Crippen molar-refractivity contribution in [1.29, 1.82) is 0 Å². The summed E-state index contributed by atoms with van der Waals surface area (Å²) in [6.45, 7) is 17.2. The molecule has 0 radical (unpaired) electrons. The number of urea groups is 1. The highest BCUT2D eigenvalue weighted by molar-refractivity contribution is 5.90. The summed E-state index contributed by atoms with van der Waals surface area (Å²) in [4.78, 5) is 55.2. The Hall–Kier alpha value is -2.45. The summed E-state index contributed by atoms with van der Waals surface area (Å²) in [5.41, 5.74) is 4.73. The van der Waals surface area contributed by atoms with Gasteiger partial charge in [-0.3, -0.25) is 14.4 Å². The zero-order valence-corrected chi connectivity index (χ0v) is 21.7. The van der Waals surface area contributed by atoms with E-state index in [-0.39, 0.29) is 42.3 Å². The number of amides is 4. The number of nitrogens with two attached hydrogens (primary N) is 1. The Morgan fingerprint density at radius 3 is 1.66 bits per heavy atom. The molecule has 1 atom stereocenters. The summed E-state index contributed by atoms with van der Waals surface area (Å²) in [6, 6.07) is -1.09. The van der Waals surface area contributed by atoms with E-state index in [1.165, 1.54) is 13.8 Å². The summed E-state index contributed by atoms with van der Waals surface area (Å²) >= 11 is 0. The summed E-state index contributed by atoms with van der Waals surface area (Å²) in [5, 5.41) is 7.62. The number of hydrogen-bond acceptors (Lipinski definition) is 5. The van der Waals surface area contributed by atoms with Crippen molar-refractivity contribution >= 4 is 29.4 Å². The van der Waals surface area contributed by atoms with Crippen LogP contribution in [0.3, 0.4) is 0 Å². The van der Waals surface area contributed by atoms with E-state index < -0.39 is 12.1 Å². The van der Waals surface area contributed by atoms with Gasteiger partial charge in [-0.05, 0) is 39.0 Å². The number of carbonyl (C=O) groups excluding carboxylic acids is 5. The minimum atomic E-state index is -0.648. The van der Waals surface area contributed by atoms with Crippen LogP contribution in [0.2, 0.25) is 0 Å². The molecule has 0 rings (SSSR count). The average Bonchev–Trinajstić information content (AvgIpc) is 2.74. The molecule has 4 amide bonds. The molecule has 0 aromatic heterocycles. The molecule has 9 heteroatoms. The normalized spacial score (nSPS) is 9.94. The Labute approximate surface area is 195 Å². The lowest BCUT2D eigenvalue weighted by Gasteiger charge is -2.21. The molecule has 0 heterocycles. The fraction of sp³-hybridized carbons (Fsp3) is 0.783. The van der Waals surface area contributed by atoms with E-state index in [9.17, 15) is 24.0 Å². The van der Waals surface area contributed by atoms with Gasteiger partial charge in [0.1, 0.15) is 17.6 Å². The monoisotopic (exact) mass is 460 g/mol. The van der Waals surface area contributed by atoms with E-state index in [0.717, 1.165) is 6.42 Å². The zero-order chi connectivity index (χ0) is 26.1. The Balaban J connectivity index is -0.000000297. The van der Waals surface area contributed by atoms with Gasteiger partial charge in [0.25, 0.3) is 0 Å². The van der Waals surface area contributed by atoms with Crippen LogP contribution in [0.15, 0.2) is 0 Å². The Morgan fingerprint density at radius 1 is 0.812 bits per heavy atom. The lowest BCUT2D eigenvalue weighted by atomic mass is 10.0. The second-order valence-corrected chi connectivity index (χ2v) is 6.91. The van der Waals surface area contributed by atoms with Crippen LogP contribution in [0.5, 0.6) is 0 Å². The topological polar surface area (TPSA) is 147 Å². The maximum absolute atomic E-state index is 11.9. The average molecular weight is 461 g/mol. The SMILES string of the molecule is CC.CC.CC(=O)CCCCC(=O)NC(C(=O)NCC(C)=O)C(C)C.CCCNC(N)=O. The maximum atomic E-state index is 11.9. The second kappa shape index (κ2) is 26.6. The summed E-state index contributed by atoms with van der Waals surface area (Å²) in [6.07, 6.45) is 2.98. The molecule has 5 N–H and O–H groups in total. The summed E-state index contributed by atoms with van der Waals surface area (Å²) < 4.78 is 0. The van der Waals surface area contributed by atoms with Crippen molar-refractivity contribution in [3.05, 3.63) is 0 Å². The molecule has 0 aromatic rings. The predicted octanol–water partition coefficient (Wildman–Crippen LogP) is 3.10. The molecule has 0 bridgehead atoms. The van der Waals surface area contributed by atoms with Crippen LogP contribution in [0.25, 0.3) is 0 Å². The number of Topliss-reactive ketones (excluding diaryl/α,β-unsaturated/α-hetero) is 2. The third-order valence-electron chi connectivity index (χ3n) is 3.51. The highest BCUT2D eigenvalue weighted by atomic mass is 16.2. The van der Waals surface area contributed by atoms with Gasteiger partial charge in [0, 0.05) is 19.4 Å². The van der Waals surface area contributed by atoms with E-state index in [2.05, 4.69) is 16.0 Å². The summed E-state index contributed by atoms with van der Waals surface area (Å²) in [5.74, 6) is -0.661. The van der Waals surface area contributed by atoms with Crippen LogP contribution in [-0.4, -0.2) is 48.5 Å². The summed E-state index contributed by atoms with van der Waals surface area (Å²) in [7, 11) is 0. The van der Waals surface area contributed by atoms with Crippen LogP contribution in [0, 0.1) is 5.92 Å². The fourth-order valence-electron chi connectivity index (χ4n) is 2.01. The van der Waals surface area contributed by atoms with Gasteiger partial charge in [-0.25, -0.2) is 4.79 Å². The van der Waals surface area contributed by atoms with Crippen molar-refractivity contribution in [3.63, 3.8) is 0 Å². The van der Waals surface area contributed by atoms with E-state index in [1.54, 1.807) is 0 Å². The standard InChI is InChI=1S/C15H26N2O4.C4H10N2O.2C2H6/c1-10(2)14(15(21)16-9-12(4)19)17-13(20)8-6-5-7-11(3)18;1-2-3-6-4(5)7;2*1-2/h10,14H,5-9H2,1-4H3,(H,16,21)(H,17,20);2-3H2,1H3,(H3,5,6,7);2*1-2H3. The minimum Gasteiger partial charge on any atom is -0.352 e. The quantitative estimate of drug-likeness (QED) is 0.330. The first-order valence-electron chi connectivity index (χ1n) is 11.6. The van der Waals surface area contributed by atoms with Gasteiger partial charge in [-0.2, -0.15) is 0 Å². The molecule has 0 aliphatic carbocycles. The van der Waals surface area contributed by atoms with Crippen LogP contribution >= 0.6 is 0 Å². The number of nitrogens with one attached hydrogen (secondary N) is 3.